The second-order valence-corrected chi connectivity index (χ2v) is 7.85. The Morgan fingerprint density at radius 3 is 2.19 bits per heavy atom. The van der Waals surface area contributed by atoms with E-state index in [9.17, 15) is 13.2 Å². The predicted octanol–water partition coefficient (Wildman–Crippen LogP) is 3.07. The minimum atomic E-state index is -3.96. The van der Waals surface area contributed by atoms with Gasteiger partial charge in [0, 0.05) is 13.1 Å². The topological polar surface area (TPSA) is 66.9 Å². The maximum Gasteiger partial charge on any atom is 0.265 e. The molecule has 6 nitrogen and oxygen atoms in total. The molecule has 0 fully saturated rings. The molecule has 2 aromatic rings. The molecule has 0 saturated heterocycles. The maximum absolute atomic E-state index is 13.5. The molecule has 27 heavy (non-hydrogen) atoms. The first-order valence-electron chi connectivity index (χ1n) is 8.85. The van der Waals surface area contributed by atoms with Crippen molar-refractivity contribution in [3.63, 3.8) is 0 Å². The highest BCUT2D eigenvalue weighted by molar-refractivity contribution is 7.93. The van der Waals surface area contributed by atoms with Gasteiger partial charge in [-0.25, -0.2) is 8.42 Å². The van der Waals surface area contributed by atoms with Gasteiger partial charge in [-0.15, -0.1) is 0 Å². The van der Waals surface area contributed by atoms with E-state index < -0.39 is 10.0 Å². The summed E-state index contributed by atoms with van der Waals surface area (Å²) < 4.78 is 33.4. The molecule has 0 unspecified atom stereocenters. The molecule has 0 N–H and O–H groups in total. The Kier molecular flexibility index (Phi) is 6.85. The summed E-state index contributed by atoms with van der Waals surface area (Å²) in [5.74, 6) is 0.130. The quantitative estimate of drug-likeness (QED) is 0.695. The summed E-state index contributed by atoms with van der Waals surface area (Å²) in [6.45, 7) is 6.20. The summed E-state index contributed by atoms with van der Waals surface area (Å²) in [6.07, 6.45) is 0. The largest absolute Gasteiger partial charge is 0.495 e. The van der Waals surface area contributed by atoms with Crippen LogP contribution < -0.4 is 9.04 Å². The van der Waals surface area contributed by atoms with Gasteiger partial charge in [-0.1, -0.05) is 30.3 Å². The van der Waals surface area contributed by atoms with Gasteiger partial charge in [-0.05, 0) is 44.5 Å². The number of hydrogen-bond acceptors (Lipinski definition) is 4. The van der Waals surface area contributed by atoms with Crippen molar-refractivity contribution >= 4 is 21.6 Å². The lowest BCUT2D eigenvalue weighted by molar-refractivity contribution is -0.129. The molecule has 0 aliphatic rings. The number of para-hydroxylation sites is 2. The van der Waals surface area contributed by atoms with E-state index in [4.69, 9.17) is 4.74 Å². The van der Waals surface area contributed by atoms with Gasteiger partial charge in [0.25, 0.3) is 10.0 Å². The third-order valence-corrected chi connectivity index (χ3v) is 6.33. The Labute approximate surface area is 161 Å². The number of aryl methyl sites for hydroxylation is 1. The number of carbonyl (C=O) groups is 1. The second kappa shape index (κ2) is 8.90. The average Bonchev–Trinajstić information content (AvgIpc) is 2.67. The minimum absolute atomic E-state index is 0.170. The number of nitrogens with zero attached hydrogens (tertiary/aromatic N) is 2. The van der Waals surface area contributed by atoms with Gasteiger partial charge < -0.3 is 9.64 Å². The first-order chi connectivity index (χ1) is 12.9. The van der Waals surface area contributed by atoms with Gasteiger partial charge in [-0.3, -0.25) is 9.10 Å². The molecule has 146 valence electrons. The molecule has 0 spiro atoms. The van der Waals surface area contributed by atoms with Crippen LogP contribution in [0, 0.1) is 6.92 Å². The first kappa shape index (κ1) is 20.8. The molecule has 0 saturated carbocycles. The monoisotopic (exact) mass is 390 g/mol. The van der Waals surface area contributed by atoms with Crippen LogP contribution in [-0.2, 0) is 14.8 Å². The lowest BCUT2D eigenvalue weighted by Crippen LogP contribution is -2.43. The van der Waals surface area contributed by atoms with E-state index in [0.29, 0.717) is 30.1 Å². The van der Waals surface area contributed by atoms with Crippen LogP contribution in [-0.4, -0.2) is 46.0 Å². The summed E-state index contributed by atoms with van der Waals surface area (Å²) >= 11 is 0. The van der Waals surface area contributed by atoms with Crippen molar-refractivity contribution in [3.05, 3.63) is 54.1 Å². The highest BCUT2D eigenvalue weighted by atomic mass is 32.2. The summed E-state index contributed by atoms with van der Waals surface area (Å²) in [5.41, 5.74) is 0.955. The fraction of sp³-hybridized carbons (Fsp3) is 0.350. The number of hydrogen-bond donors (Lipinski definition) is 0. The van der Waals surface area contributed by atoms with Gasteiger partial charge in [0.05, 0.1) is 17.7 Å². The first-order valence-corrected chi connectivity index (χ1v) is 10.3. The summed E-state index contributed by atoms with van der Waals surface area (Å²) in [4.78, 5) is 14.5. The molecule has 2 aromatic carbocycles. The standard InChI is InChI=1S/C20H26N2O4S/c1-5-21(6-2)20(23)15-22(17-12-8-9-13-18(17)26-4)27(24,25)19-14-10-7-11-16(19)3/h7-14H,5-6,15H2,1-4H3. The van der Waals surface area contributed by atoms with Gasteiger partial charge in [0.15, 0.2) is 0 Å². The number of anilines is 1. The van der Waals surface area contributed by atoms with Crippen LogP contribution in [0.3, 0.4) is 0 Å². The lowest BCUT2D eigenvalue weighted by Gasteiger charge is -2.28. The van der Waals surface area contributed by atoms with E-state index in [-0.39, 0.29) is 17.3 Å². The van der Waals surface area contributed by atoms with Crippen LogP contribution in [0.1, 0.15) is 19.4 Å². The van der Waals surface area contributed by atoms with E-state index in [1.807, 2.05) is 13.8 Å². The van der Waals surface area contributed by atoms with E-state index in [2.05, 4.69) is 0 Å². The third kappa shape index (κ3) is 4.42. The minimum Gasteiger partial charge on any atom is -0.495 e. The average molecular weight is 391 g/mol. The highest BCUT2D eigenvalue weighted by Gasteiger charge is 2.31. The van der Waals surface area contributed by atoms with Crippen molar-refractivity contribution in [1.82, 2.24) is 4.90 Å². The van der Waals surface area contributed by atoms with Crippen molar-refractivity contribution < 1.29 is 17.9 Å². The van der Waals surface area contributed by atoms with E-state index in [0.717, 1.165) is 4.31 Å². The van der Waals surface area contributed by atoms with Crippen LogP contribution in [0.2, 0.25) is 0 Å². The number of carbonyl (C=O) groups excluding carboxylic acids is 1. The number of sulfonamides is 1. The number of methoxy groups -OCH3 is 1. The summed E-state index contributed by atoms with van der Waals surface area (Å²) in [6, 6.07) is 13.5. The fourth-order valence-corrected chi connectivity index (χ4v) is 4.55. The molecule has 0 heterocycles. The van der Waals surface area contributed by atoms with E-state index >= 15 is 0 Å². The Hall–Kier alpha value is -2.54. The third-order valence-electron chi connectivity index (χ3n) is 4.41. The van der Waals surface area contributed by atoms with Crippen molar-refractivity contribution in [1.29, 1.82) is 0 Å². The van der Waals surface area contributed by atoms with Gasteiger partial charge in [0.2, 0.25) is 5.91 Å². The number of benzene rings is 2. The predicted molar refractivity (Wildman–Crippen MR) is 107 cm³/mol. The number of rotatable bonds is 8. The number of ether oxygens (including phenoxy) is 1. The maximum atomic E-state index is 13.5. The molecular weight excluding hydrogens is 364 g/mol. The van der Waals surface area contributed by atoms with E-state index in [1.54, 1.807) is 60.4 Å². The lowest BCUT2D eigenvalue weighted by atomic mass is 10.2. The highest BCUT2D eigenvalue weighted by Crippen LogP contribution is 2.33. The number of amides is 1. The van der Waals surface area contributed by atoms with Gasteiger partial charge >= 0.3 is 0 Å². The van der Waals surface area contributed by atoms with Crippen LogP contribution in [0.4, 0.5) is 5.69 Å². The Morgan fingerprint density at radius 2 is 1.59 bits per heavy atom. The molecule has 0 atom stereocenters. The van der Waals surface area contributed by atoms with Gasteiger partial charge in [-0.2, -0.15) is 0 Å². The van der Waals surface area contributed by atoms with Crippen molar-refractivity contribution in [2.24, 2.45) is 0 Å². The molecule has 0 aliphatic heterocycles. The molecular formula is C20H26N2O4S. The molecule has 0 aliphatic carbocycles. The van der Waals surface area contributed by atoms with Crippen molar-refractivity contribution in [2.75, 3.05) is 31.0 Å². The van der Waals surface area contributed by atoms with Crippen LogP contribution in [0.15, 0.2) is 53.4 Å². The zero-order valence-corrected chi connectivity index (χ0v) is 17.0. The Morgan fingerprint density at radius 1 is 1.00 bits per heavy atom. The molecule has 7 heteroatoms. The van der Waals surface area contributed by atoms with Crippen LogP contribution in [0.5, 0.6) is 5.75 Å². The fourth-order valence-electron chi connectivity index (χ4n) is 2.90. The van der Waals surface area contributed by atoms with Crippen molar-refractivity contribution in [3.8, 4) is 5.75 Å². The normalized spacial score (nSPS) is 11.1. The molecule has 0 aromatic heterocycles. The molecule has 0 radical (unpaired) electrons. The van der Waals surface area contributed by atoms with Gasteiger partial charge in [0.1, 0.15) is 12.3 Å². The zero-order chi connectivity index (χ0) is 20.0. The van der Waals surface area contributed by atoms with Crippen molar-refractivity contribution in [2.45, 2.75) is 25.7 Å². The smallest absolute Gasteiger partial charge is 0.265 e. The second-order valence-electron chi connectivity index (χ2n) is 6.02. The molecule has 0 bridgehead atoms. The van der Waals surface area contributed by atoms with E-state index in [1.165, 1.54) is 7.11 Å². The number of likely N-dealkylation sites (N-methyl/N-ethyl adjacent to an activating group) is 1. The Bertz CT molecular complexity index is 892. The molecule has 2 rings (SSSR count). The molecule has 1 amide bonds. The zero-order valence-electron chi connectivity index (χ0n) is 16.2. The Balaban J connectivity index is 2.59. The van der Waals surface area contributed by atoms with Crippen LogP contribution >= 0.6 is 0 Å². The summed E-state index contributed by atoms with van der Waals surface area (Å²) in [5, 5.41) is 0. The SMILES string of the molecule is CCN(CC)C(=O)CN(c1ccccc1OC)S(=O)(=O)c1ccccc1C. The van der Waals surface area contributed by atoms with Crippen LogP contribution in [0.25, 0.3) is 0 Å². The summed E-state index contributed by atoms with van der Waals surface area (Å²) in [7, 11) is -2.48.